The lowest BCUT2D eigenvalue weighted by atomic mass is 10.0. The van der Waals surface area contributed by atoms with Crippen LogP contribution in [0.4, 0.5) is 0 Å². The highest BCUT2D eigenvalue weighted by atomic mass is 32.2. The largest absolute Gasteiger partial charge is 0.379 e. The summed E-state index contributed by atoms with van der Waals surface area (Å²) >= 11 is 0. The number of nitrogens with one attached hydrogen (secondary N) is 1. The van der Waals surface area contributed by atoms with Crippen LogP contribution in [-0.4, -0.2) is 69.6 Å². The van der Waals surface area contributed by atoms with E-state index >= 15 is 0 Å². The second kappa shape index (κ2) is 6.99. The van der Waals surface area contributed by atoms with E-state index in [2.05, 4.69) is 16.5 Å². The summed E-state index contributed by atoms with van der Waals surface area (Å²) in [5.41, 5.74) is 0. The molecule has 6 nitrogen and oxygen atoms in total. The number of hydrogen-bond acceptors (Lipinski definition) is 4. The first kappa shape index (κ1) is 15.2. The lowest BCUT2D eigenvalue weighted by Crippen LogP contribution is -2.49. The molecule has 19 heavy (non-hydrogen) atoms. The molecule has 2 saturated heterocycles. The molecule has 0 spiro atoms. The van der Waals surface area contributed by atoms with E-state index in [4.69, 9.17) is 4.74 Å². The zero-order valence-electron chi connectivity index (χ0n) is 11.7. The number of piperidine rings is 1. The van der Waals surface area contributed by atoms with Gasteiger partial charge in [-0.3, -0.25) is 4.90 Å². The number of likely N-dealkylation sites (tertiary alicyclic amines) is 1. The third-order valence-corrected chi connectivity index (χ3v) is 5.55. The SMILES string of the molecule is CC1CCCCN1CCNS(=O)(=O)N1CCOCC1. The molecule has 1 atom stereocenters. The van der Waals surface area contributed by atoms with Crippen molar-refractivity contribution in [1.82, 2.24) is 13.9 Å². The predicted octanol–water partition coefficient (Wildman–Crippen LogP) is 0.0274. The minimum atomic E-state index is -3.32. The van der Waals surface area contributed by atoms with Crippen molar-refractivity contribution in [1.29, 1.82) is 0 Å². The Labute approximate surface area is 116 Å². The Morgan fingerprint density at radius 1 is 1.21 bits per heavy atom. The molecule has 0 aromatic carbocycles. The predicted molar refractivity (Wildman–Crippen MR) is 74.2 cm³/mol. The Bertz CT molecular complexity index is 368. The smallest absolute Gasteiger partial charge is 0.279 e. The van der Waals surface area contributed by atoms with Crippen LogP contribution in [0.3, 0.4) is 0 Å². The van der Waals surface area contributed by atoms with Crippen LogP contribution in [0.5, 0.6) is 0 Å². The lowest BCUT2D eigenvalue weighted by molar-refractivity contribution is 0.0724. The van der Waals surface area contributed by atoms with Gasteiger partial charge in [0.1, 0.15) is 0 Å². The highest BCUT2D eigenvalue weighted by Gasteiger charge is 2.24. The van der Waals surface area contributed by atoms with E-state index in [-0.39, 0.29) is 0 Å². The van der Waals surface area contributed by atoms with Gasteiger partial charge in [0.05, 0.1) is 13.2 Å². The molecule has 112 valence electrons. The molecule has 1 N–H and O–H groups in total. The van der Waals surface area contributed by atoms with E-state index in [1.165, 1.54) is 23.6 Å². The van der Waals surface area contributed by atoms with Crippen LogP contribution >= 0.6 is 0 Å². The molecule has 0 radical (unpaired) electrons. The molecule has 2 aliphatic heterocycles. The van der Waals surface area contributed by atoms with E-state index in [1.54, 1.807) is 0 Å². The first-order valence-corrected chi connectivity index (χ1v) is 8.60. The minimum absolute atomic E-state index is 0.454. The molecule has 7 heteroatoms. The van der Waals surface area contributed by atoms with Gasteiger partial charge < -0.3 is 4.74 Å². The van der Waals surface area contributed by atoms with Gasteiger partial charge in [0.15, 0.2) is 0 Å². The van der Waals surface area contributed by atoms with Crippen molar-refractivity contribution in [2.24, 2.45) is 0 Å². The van der Waals surface area contributed by atoms with Crippen molar-refractivity contribution in [3.63, 3.8) is 0 Å². The van der Waals surface area contributed by atoms with Crippen molar-refractivity contribution < 1.29 is 13.2 Å². The molecular formula is C12H25N3O3S. The lowest BCUT2D eigenvalue weighted by Gasteiger charge is -2.33. The molecule has 0 aliphatic carbocycles. The Kier molecular flexibility index (Phi) is 5.58. The van der Waals surface area contributed by atoms with E-state index in [9.17, 15) is 8.42 Å². The molecule has 0 saturated carbocycles. The fraction of sp³-hybridized carbons (Fsp3) is 1.00. The average molecular weight is 291 g/mol. The van der Waals surface area contributed by atoms with Gasteiger partial charge in [0.25, 0.3) is 10.2 Å². The van der Waals surface area contributed by atoms with Gasteiger partial charge in [-0.05, 0) is 26.3 Å². The van der Waals surface area contributed by atoms with E-state index in [1.807, 2.05) is 0 Å². The maximum Gasteiger partial charge on any atom is 0.279 e. The van der Waals surface area contributed by atoms with Gasteiger partial charge in [0.2, 0.25) is 0 Å². The van der Waals surface area contributed by atoms with E-state index in [0.29, 0.717) is 38.9 Å². The van der Waals surface area contributed by atoms with Crippen LogP contribution in [0.15, 0.2) is 0 Å². The van der Waals surface area contributed by atoms with Crippen LogP contribution in [0.25, 0.3) is 0 Å². The third kappa shape index (κ3) is 4.39. The zero-order chi connectivity index (χ0) is 13.7. The Hall–Kier alpha value is -0.210. The second-order valence-electron chi connectivity index (χ2n) is 5.29. The number of ether oxygens (including phenoxy) is 1. The van der Waals surface area contributed by atoms with E-state index < -0.39 is 10.2 Å². The summed E-state index contributed by atoms with van der Waals surface area (Å²) in [4.78, 5) is 2.37. The summed E-state index contributed by atoms with van der Waals surface area (Å²) in [5.74, 6) is 0. The van der Waals surface area contributed by atoms with Crippen molar-refractivity contribution in [2.75, 3.05) is 45.9 Å². The Balaban J connectivity index is 1.74. The molecule has 0 amide bonds. The van der Waals surface area contributed by atoms with Gasteiger partial charge in [-0.25, -0.2) is 4.72 Å². The molecular weight excluding hydrogens is 266 g/mol. The van der Waals surface area contributed by atoms with Crippen LogP contribution in [0.2, 0.25) is 0 Å². The summed E-state index contributed by atoms with van der Waals surface area (Å²) in [5, 5.41) is 0. The van der Waals surface area contributed by atoms with Crippen LogP contribution < -0.4 is 4.72 Å². The summed E-state index contributed by atoms with van der Waals surface area (Å²) in [6.45, 7) is 6.48. The van der Waals surface area contributed by atoms with Crippen molar-refractivity contribution in [2.45, 2.75) is 32.2 Å². The van der Waals surface area contributed by atoms with Crippen LogP contribution in [0, 0.1) is 0 Å². The first-order chi connectivity index (χ1) is 9.09. The topological polar surface area (TPSA) is 61.9 Å². The van der Waals surface area contributed by atoms with Gasteiger partial charge in [-0.2, -0.15) is 12.7 Å². The number of hydrogen-bond donors (Lipinski definition) is 1. The molecule has 2 heterocycles. The highest BCUT2D eigenvalue weighted by molar-refractivity contribution is 7.87. The minimum Gasteiger partial charge on any atom is -0.379 e. The maximum absolute atomic E-state index is 12.0. The fourth-order valence-corrected chi connectivity index (χ4v) is 3.85. The summed E-state index contributed by atoms with van der Waals surface area (Å²) < 4.78 is 33.4. The second-order valence-corrected chi connectivity index (χ2v) is 7.05. The van der Waals surface area contributed by atoms with E-state index in [0.717, 1.165) is 13.1 Å². The molecule has 0 aromatic rings. The zero-order valence-corrected chi connectivity index (χ0v) is 12.5. The highest BCUT2D eigenvalue weighted by Crippen LogP contribution is 2.15. The Morgan fingerprint density at radius 2 is 1.95 bits per heavy atom. The molecule has 1 unspecified atom stereocenters. The first-order valence-electron chi connectivity index (χ1n) is 7.16. The van der Waals surface area contributed by atoms with Gasteiger partial charge in [-0.1, -0.05) is 6.42 Å². The van der Waals surface area contributed by atoms with Crippen LogP contribution in [0.1, 0.15) is 26.2 Å². The third-order valence-electron chi connectivity index (χ3n) is 3.93. The molecule has 2 aliphatic rings. The monoisotopic (exact) mass is 291 g/mol. The molecule has 0 aromatic heterocycles. The molecule has 0 bridgehead atoms. The van der Waals surface area contributed by atoms with Crippen molar-refractivity contribution in [3.05, 3.63) is 0 Å². The number of rotatable bonds is 5. The quantitative estimate of drug-likeness (QED) is 0.776. The molecule has 2 fully saturated rings. The summed E-state index contributed by atoms with van der Waals surface area (Å²) in [6.07, 6.45) is 3.73. The maximum atomic E-state index is 12.0. The number of morpholine rings is 1. The van der Waals surface area contributed by atoms with Crippen LogP contribution in [-0.2, 0) is 14.9 Å². The molecule has 2 rings (SSSR count). The van der Waals surface area contributed by atoms with Crippen molar-refractivity contribution in [3.8, 4) is 0 Å². The summed E-state index contributed by atoms with van der Waals surface area (Å²) in [7, 11) is -3.32. The summed E-state index contributed by atoms with van der Waals surface area (Å²) in [6, 6.07) is 0.571. The standard InChI is InChI=1S/C12H25N3O3S/c1-12-4-2-3-6-14(12)7-5-13-19(16,17)15-8-10-18-11-9-15/h12-13H,2-11H2,1H3. The van der Waals surface area contributed by atoms with Crippen molar-refractivity contribution >= 4 is 10.2 Å². The van der Waals surface area contributed by atoms with Gasteiger partial charge in [0, 0.05) is 32.2 Å². The Morgan fingerprint density at radius 3 is 2.63 bits per heavy atom. The number of nitrogens with zero attached hydrogens (tertiary/aromatic N) is 2. The average Bonchev–Trinajstić information content (AvgIpc) is 2.42. The fourth-order valence-electron chi connectivity index (χ4n) is 2.69. The normalized spacial score (nSPS) is 27.5. The van der Waals surface area contributed by atoms with Gasteiger partial charge >= 0.3 is 0 Å². The van der Waals surface area contributed by atoms with Gasteiger partial charge in [-0.15, -0.1) is 0 Å².